The third-order valence-electron chi connectivity index (χ3n) is 2.73. The molecule has 0 saturated heterocycles. The van der Waals surface area contributed by atoms with Crippen LogP contribution < -0.4 is 10.1 Å². The molecule has 0 aliphatic rings. The number of hydrogen-bond acceptors (Lipinski definition) is 4. The highest BCUT2D eigenvalue weighted by Gasteiger charge is 2.20. The first-order chi connectivity index (χ1) is 9.85. The molecule has 1 aromatic rings. The molecule has 1 N–H and O–H groups in total. The van der Waals surface area contributed by atoms with Crippen molar-refractivity contribution in [2.45, 2.75) is 45.3 Å². The molecule has 0 aliphatic heterocycles. The lowest BCUT2D eigenvalue weighted by molar-refractivity contribution is 0.0501. The van der Waals surface area contributed by atoms with E-state index in [4.69, 9.17) is 14.7 Å². The van der Waals surface area contributed by atoms with Gasteiger partial charge in [-0.05, 0) is 44.9 Å². The highest BCUT2D eigenvalue weighted by molar-refractivity contribution is 5.68. The topological polar surface area (TPSA) is 71.3 Å². The molecule has 0 aliphatic carbocycles. The van der Waals surface area contributed by atoms with Crippen LogP contribution in [0.2, 0.25) is 0 Å². The van der Waals surface area contributed by atoms with E-state index in [0.717, 1.165) is 5.56 Å². The Morgan fingerprint density at radius 2 is 2.14 bits per heavy atom. The maximum absolute atomic E-state index is 11.9. The number of hydrogen-bond donors (Lipinski definition) is 1. The third kappa shape index (κ3) is 6.17. The van der Waals surface area contributed by atoms with Crippen molar-refractivity contribution in [3.63, 3.8) is 0 Å². The van der Waals surface area contributed by atoms with Crippen molar-refractivity contribution in [2.24, 2.45) is 0 Å². The average Bonchev–Trinajstić information content (AvgIpc) is 2.41. The SMILES string of the molecule is COc1cccc([C@H](CCC#N)NC(=O)OC(C)(C)C)c1. The highest BCUT2D eigenvalue weighted by atomic mass is 16.6. The summed E-state index contributed by atoms with van der Waals surface area (Å²) in [5.41, 5.74) is 0.327. The number of alkyl carbamates (subject to hydrolysis) is 1. The number of nitriles is 1. The van der Waals surface area contributed by atoms with Gasteiger partial charge in [0.2, 0.25) is 0 Å². The summed E-state index contributed by atoms with van der Waals surface area (Å²) in [7, 11) is 1.59. The van der Waals surface area contributed by atoms with Gasteiger partial charge in [-0.2, -0.15) is 5.26 Å². The van der Waals surface area contributed by atoms with Gasteiger partial charge in [0.15, 0.2) is 0 Å². The molecular formula is C16H22N2O3. The second-order valence-corrected chi connectivity index (χ2v) is 5.67. The first-order valence-electron chi connectivity index (χ1n) is 6.86. The lowest BCUT2D eigenvalue weighted by Gasteiger charge is -2.23. The zero-order chi connectivity index (χ0) is 15.9. The molecular weight excluding hydrogens is 268 g/mol. The van der Waals surface area contributed by atoms with Crippen LogP contribution in [-0.4, -0.2) is 18.8 Å². The van der Waals surface area contributed by atoms with Gasteiger partial charge in [0.1, 0.15) is 11.4 Å². The van der Waals surface area contributed by atoms with Crippen molar-refractivity contribution in [3.05, 3.63) is 29.8 Å². The molecule has 0 unspecified atom stereocenters. The van der Waals surface area contributed by atoms with Crippen molar-refractivity contribution in [2.75, 3.05) is 7.11 Å². The number of benzene rings is 1. The molecule has 0 aromatic heterocycles. The molecule has 0 radical (unpaired) electrons. The molecule has 114 valence electrons. The first kappa shape index (κ1) is 16.8. The Bertz CT molecular complexity index is 515. The molecule has 1 rings (SSSR count). The number of nitrogens with one attached hydrogen (secondary N) is 1. The predicted octanol–water partition coefficient (Wildman–Crippen LogP) is 3.56. The highest BCUT2D eigenvalue weighted by Crippen LogP contribution is 2.23. The van der Waals surface area contributed by atoms with Gasteiger partial charge >= 0.3 is 6.09 Å². The first-order valence-corrected chi connectivity index (χ1v) is 6.86. The maximum Gasteiger partial charge on any atom is 0.408 e. The van der Waals surface area contributed by atoms with Crippen LogP contribution in [0.3, 0.4) is 0 Å². The molecule has 21 heavy (non-hydrogen) atoms. The molecule has 0 saturated carbocycles. The lowest BCUT2D eigenvalue weighted by Crippen LogP contribution is -2.35. The fourth-order valence-electron chi connectivity index (χ4n) is 1.84. The molecule has 0 bridgehead atoms. The van der Waals surface area contributed by atoms with E-state index in [0.29, 0.717) is 18.6 Å². The summed E-state index contributed by atoms with van der Waals surface area (Å²) in [5.74, 6) is 0.709. The molecule has 1 aromatic carbocycles. The van der Waals surface area contributed by atoms with E-state index >= 15 is 0 Å². The standard InChI is InChI=1S/C16H22N2O3/c1-16(2,3)21-15(19)18-14(9-6-10-17)12-7-5-8-13(11-12)20-4/h5,7-8,11,14H,6,9H2,1-4H3,(H,18,19)/t14-/m0/s1. The summed E-state index contributed by atoms with van der Waals surface area (Å²) >= 11 is 0. The monoisotopic (exact) mass is 290 g/mol. The van der Waals surface area contributed by atoms with Crippen LogP contribution in [0.5, 0.6) is 5.75 Å². The van der Waals surface area contributed by atoms with Gasteiger partial charge in [0.25, 0.3) is 0 Å². The van der Waals surface area contributed by atoms with Gasteiger partial charge in [0, 0.05) is 6.42 Å². The Hall–Kier alpha value is -2.22. The zero-order valence-corrected chi connectivity index (χ0v) is 13.0. The van der Waals surface area contributed by atoms with E-state index in [9.17, 15) is 4.79 Å². The Morgan fingerprint density at radius 1 is 1.43 bits per heavy atom. The number of rotatable bonds is 5. The number of amides is 1. The van der Waals surface area contributed by atoms with Crippen LogP contribution in [0, 0.1) is 11.3 Å². The summed E-state index contributed by atoms with van der Waals surface area (Å²) in [5, 5.41) is 11.6. The maximum atomic E-state index is 11.9. The minimum absolute atomic E-state index is 0.283. The summed E-state index contributed by atoms with van der Waals surface area (Å²) < 4.78 is 10.4. The van der Waals surface area contributed by atoms with Crippen molar-refractivity contribution in [3.8, 4) is 11.8 Å². The van der Waals surface area contributed by atoms with Gasteiger partial charge < -0.3 is 14.8 Å². The number of ether oxygens (including phenoxy) is 2. The third-order valence-corrected chi connectivity index (χ3v) is 2.73. The minimum atomic E-state index is -0.557. The molecule has 0 fully saturated rings. The van der Waals surface area contributed by atoms with Gasteiger partial charge in [-0.1, -0.05) is 12.1 Å². The van der Waals surface area contributed by atoms with Crippen LogP contribution in [0.1, 0.15) is 45.2 Å². The molecule has 0 spiro atoms. The van der Waals surface area contributed by atoms with Crippen LogP contribution in [0.15, 0.2) is 24.3 Å². The van der Waals surface area contributed by atoms with Gasteiger partial charge in [-0.25, -0.2) is 4.79 Å². The number of carbonyl (C=O) groups excluding carboxylic acids is 1. The van der Waals surface area contributed by atoms with E-state index in [-0.39, 0.29) is 6.04 Å². The van der Waals surface area contributed by atoms with Gasteiger partial charge in [0.05, 0.1) is 19.2 Å². The number of carbonyl (C=O) groups is 1. The van der Waals surface area contributed by atoms with Gasteiger partial charge in [-0.3, -0.25) is 0 Å². The van der Waals surface area contributed by atoms with Crippen molar-refractivity contribution in [1.29, 1.82) is 5.26 Å². The second-order valence-electron chi connectivity index (χ2n) is 5.67. The Kier molecular flexibility index (Phi) is 6.04. The minimum Gasteiger partial charge on any atom is -0.497 e. The Balaban J connectivity index is 2.84. The Morgan fingerprint density at radius 3 is 2.71 bits per heavy atom. The van der Waals surface area contributed by atoms with Crippen molar-refractivity contribution in [1.82, 2.24) is 5.32 Å². The van der Waals surface area contributed by atoms with Gasteiger partial charge in [-0.15, -0.1) is 0 Å². The zero-order valence-electron chi connectivity index (χ0n) is 13.0. The summed E-state index contributed by atoms with van der Waals surface area (Å²) in [6.45, 7) is 5.42. The molecule has 1 amide bonds. The second kappa shape index (κ2) is 7.53. The van der Waals surface area contributed by atoms with Crippen LogP contribution >= 0.6 is 0 Å². The predicted molar refractivity (Wildman–Crippen MR) is 80.0 cm³/mol. The van der Waals surface area contributed by atoms with E-state index in [1.54, 1.807) is 7.11 Å². The fourth-order valence-corrected chi connectivity index (χ4v) is 1.84. The van der Waals surface area contributed by atoms with Crippen LogP contribution in [-0.2, 0) is 4.74 Å². The normalized spacial score (nSPS) is 12.1. The number of nitrogens with zero attached hydrogens (tertiary/aromatic N) is 1. The Labute approximate surface area is 125 Å². The summed E-state index contributed by atoms with van der Waals surface area (Å²) in [6.07, 6.45) is 0.369. The van der Waals surface area contributed by atoms with E-state index in [1.165, 1.54) is 0 Å². The molecule has 5 heteroatoms. The van der Waals surface area contributed by atoms with E-state index in [1.807, 2.05) is 45.0 Å². The van der Waals surface area contributed by atoms with E-state index in [2.05, 4.69) is 11.4 Å². The van der Waals surface area contributed by atoms with Crippen LogP contribution in [0.25, 0.3) is 0 Å². The van der Waals surface area contributed by atoms with Crippen molar-refractivity contribution < 1.29 is 14.3 Å². The molecule has 5 nitrogen and oxygen atoms in total. The molecule has 1 atom stereocenters. The summed E-state index contributed by atoms with van der Waals surface area (Å²) in [6, 6.07) is 9.23. The lowest BCUT2D eigenvalue weighted by atomic mass is 10.0. The fraction of sp³-hybridized carbons (Fsp3) is 0.500. The molecule has 0 heterocycles. The average molecular weight is 290 g/mol. The smallest absolute Gasteiger partial charge is 0.408 e. The van der Waals surface area contributed by atoms with Crippen molar-refractivity contribution >= 4 is 6.09 Å². The summed E-state index contributed by atoms with van der Waals surface area (Å²) in [4.78, 5) is 11.9. The largest absolute Gasteiger partial charge is 0.497 e. The quantitative estimate of drug-likeness (QED) is 0.900. The number of methoxy groups -OCH3 is 1. The van der Waals surface area contributed by atoms with Crippen LogP contribution in [0.4, 0.5) is 4.79 Å². The van der Waals surface area contributed by atoms with E-state index < -0.39 is 11.7 Å².